The molecule has 0 fully saturated rings. The molecular formula is C13H24N2O3. The Kier molecular flexibility index (Phi) is 6.97. The van der Waals surface area contributed by atoms with Gasteiger partial charge in [-0.15, -0.1) is 0 Å². The first kappa shape index (κ1) is 15.2. The van der Waals surface area contributed by atoms with Crippen molar-refractivity contribution in [3.8, 4) is 0 Å². The summed E-state index contributed by atoms with van der Waals surface area (Å²) in [5.74, 6) is 1.74. The van der Waals surface area contributed by atoms with Gasteiger partial charge in [0.15, 0.2) is 0 Å². The van der Waals surface area contributed by atoms with E-state index < -0.39 is 0 Å². The summed E-state index contributed by atoms with van der Waals surface area (Å²) in [6, 6.07) is 4.21. The molecule has 1 aromatic heterocycles. The van der Waals surface area contributed by atoms with Gasteiger partial charge in [-0.3, -0.25) is 4.90 Å². The van der Waals surface area contributed by atoms with E-state index in [1.807, 2.05) is 12.1 Å². The summed E-state index contributed by atoms with van der Waals surface area (Å²) in [6.07, 6.45) is 0. The smallest absolute Gasteiger partial charge is 0.118 e. The molecule has 0 bridgehead atoms. The van der Waals surface area contributed by atoms with Gasteiger partial charge in [-0.1, -0.05) is 0 Å². The number of nitrogens with zero attached hydrogens (tertiary/aromatic N) is 1. The van der Waals surface area contributed by atoms with Crippen LogP contribution in [0.5, 0.6) is 0 Å². The summed E-state index contributed by atoms with van der Waals surface area (Å²) >= 11 is 0. The molecule has 0 saturated carbocycles. The first-order chi connectivity index (χ1) is 8.71. The SMILES string of the molecule is COCCN(Cc1ccc(CN)o1)C(C)COC. The van der Waals surface area contributed by atoms with Gasteiger partial charge in [-0.2, -0.15) is 0 Å². The van der Waals surface area contributed by atoms with Crippen LogP contribution >= 0.6 is 0 Å². The van der Waals surface area contributed by atoms with Crippen LogP contribution in [0, 0.1) is 0 Å². The fourth-order valence-electron chi connectivity index (χ4n) is 1.83. The molecule has 0 amide bonds. The molecule has 2 N–H and O–H groups in total. The molecule has 0 aliphatic rings. The minimum Gasteiger partial charge on any atom is -0.463 e. The van der Waals surface area contributed by atoms with E-state index in [0.717, 1.165) is 24.6 Å². The average Bonchev–Trinajstić information content (AvgIpc) is 2.82. The molecule has 0 spiro atoms. The summed E-state index contributed by atoms with van der Waals surface area (Å²) in [6.45, 7) is 5.54. The zero-order valence-corrected chi connectivity index (χ0v) is 11.5. The molecule has 1 aromatic rings. The monoisotopic (exact) mass is 256 g/mol. The third-order valence-corrected chi connectivity index (χ3v) is 2.89. The van der Waals surface area contributed by atoms with E-state index in [1.54, 1.807) is 14.2 Å². The highest BCUT2D eigenvalue weighted by atomic mass is 16.5. The predicted molar refractivity (Wildman–Crippen MR) is 70.2 cm³/mol. The molecule has 5 heteroatoms. The number of methoxy groups -OCH3 is 2. The zero-order chi connectivity index (χ0) is 13.4. The van der Waals surface area contributed by atoms with Crippen molar-refractivity contribution in [2.45, 2.75) is 26.1 Å². The number of furan rings is 1. The second-order valence-electron chi connectivity index (χ2n) is 4.34. The Morgan fingerprint density at radius 3 is 2.56 bits per heavy atom. The van der Waals surface area contributed by atoms with E-state index in [2.05, 4.69) is 11.8 Å². The van der Waals surface area contributed by atoms with Gasteiger partial charge in [0.25, 0.3) is 0 Å². The highest BCUT2D eigenvalue weighted by molar-refractivity contribution is 5.06. The van der Waals surface area contributed by atoms with E-state index in [9.17, 15) is 0 Å². The second kappa shape index (κ2) is 8.26. The van der Waals surface area contributed by atoms with Crippen molar-refractivity contribution in [3.05, 3.63) is 23.7 Å². The predicted octanol–water partition coefficient (Wildman–Crippen LogP) is 1.22. The second-order valence-corrected chi connectivity index (χ2v) is 4.34. The highest BCUT2D eigenvalue weighted by Gasteiger charge is 2.15. The van der Waals surface area contributed by atoms with Crippen LogP contribution in [0.2, 0.25) is 0 Å². The zero-order valence-electron chi connectivity index (χ0n) is 11.5. The number of ether oxygens (including phenoxy) is 2. The number of hydrogen-bond donors (Lipinski definition) is 1. The van der Waals surface area contributed by atoms with Gasteiger partial charge in [-0.05, 0) is 19.1 Å². The molecule has 104 valence electrons. The Balaban J connectivity index is 2.58. The van der Waals surface area contributed by atoms with Crippen molar-refractivity contribution < 1.29 is 13.9 Å². The lowest BCUT2D eigenvalue weighted by Gasteiger charge is -2.27. The Labute approximate surface area is 109 Å². The summed E-state index contributed by atoms with van der Waals surface area (Å²) in [5, 5.41) is 0. The molecule has 0 aliphatic carbocycles. The Hall–Kier alpha value is -0.880. The van der Waals surface area contributed by atoms with E-state index >= 15 is 0 Å². The molecule has 1 atom stereocenters. The average molecular weight is 256 g/mol. The number of rotatable bonds is 9. The quantitative estimate of drug-likeness (QED) is 0.720. The maximum atomic E-state index is 5.62. The van der Waals surface area contributed by atoms with Crippen LogP contribution < -0.4 is 5.73 Å². The molecule has 18 heavy (non-hydrogen) atoms. The summed E-state index contributed by atoms with van der Waals surface area (Å²) in [7, 11) is 3.42. The van der Waals surface area contributed by atoms with Crippen LogP contribution in [0.3, 0.4) is 0 Å². The van der Waals surface area contributed by atoms with Crippen molar-refractivity contribution in [1.82, 2.24) is 4.90 Å². The Morgan fingerprint density at radius 2 is 2.00 bits per heavy atom. The number of nitrogens with two attached hydrogens (primary N) is 1. The molecule has 0 aromatic carbocycles. The van der Waals surface area contributed by atoms with Gasteiger partial charge < -0.3 is 19.6 Å². The maximum absolute atomic E-state index is 5.62. The normalized spacial score (nSPS) is 13.2. The molecule has 0 saturated heterocycles. The third-order valence-electron chi connectivity index (χ3n) is 2.89. The van der Waals surface area contributed by atoms with Crippen molar-refractivity contribution in [2.75, 3.05) is 34.0 Å². The van der Waals surface area contributed by atoms with E-state index in [0.29, 0.717) is 25.8 Å². The van der Waals surface area contributed by atoms with E-state index in [1.165, 1.54) is 0 Å². The summed E-state index contributed by atoms with van der Waals surface area (Å²) in [5.41, 5.74) is 5.53. The van der Waals surface area contributed by atoms with E-state index in [4.69, 9.17) is 19.6 Å². The van der Waals surface area contributed by atoms with Gasteiger partial charge in [0.1, 0.15) is 11.5 Å². The number of hydrogen-bond acceptors (Lipinski definition) is 5. The van der Waals surface area contributed by atoms with Crippen LogP contribution in [0.25, 0.3) is 0 Å². The lowest BCUT2D eigenvalue weighted by molar-refractivity contribution is 0.0661. The topological polar surface area (TPSA) is 60.9 Å². The largest absolute Gasteiger partial charge is 0.463 e. The van der Waals surface area contributed by atoms with Gasteiger partial charge in [0.2, 0.25) is 0 Å². The van der Waals surface area contributed by atoms with E-state index in [-0.39, 0.29) is 0 Å². The fourth-order valence-corrected chi connectivity index (χ4v) is 1.83. The minimum absolute atomic E-state index is 0.316. The first-order valence-corrected chi connectivity index (χ1v) is 6.20. The van der Waals surface area contributed by atoms with Crippen LogP contribution in [0.4, 0.5) is 0 Å². The molecular weight excluding hydrogens is 232 g/mol. The van der Waals surface area contributed by atoms with Gasteiger partial charge in [-0.25, -0.2) is 0 Å². The van der Waals surface area contributed by atoms with Crippen LogP contribution in [-0.4, -0.2) is 44.9 Å². The van der Waals surface area contributed by atoms with Crippen molar-refractivity contribution in [1.29, 1.82) is 0 Å². The van der Waals surface area contributed by atoms with Gasteiger partial charge >= 0.3 is 0 Å². The lowest BCUT2D eigenvalue weighted by atomic mass is 10.2. The van der Waals surface area contributed by atoms with Crippen LogP contribution in [0.15, 0.2) is 16.5 Å². The van der Waals surface area contributed by atoms with Crippen molar-refractivity contribution in [3.63, 3.8) is 0 Å². The first-order valence-electron chi connectivity index (χ1n) is 6.20. The molecule has 0 aliphatic heterocycles. The van der Waals surface area contributed by atoms with Gasteiger partial charge in [0.05, 0.1) is 26.3 Å². The molecule has 1 unspecified atom stereocenters. The minimum atomic E-state index is 0.316. The van der Waals surface area contributed by atoms with Crippen LogP contribution in [0.1, 0.15) is 18.4 Å². The molecule has 5 nitrogen and oxygen atoms in total. The van der Waals surface area contributed by atoms with Crippen molar-refractivity contribution >= 4 is 0 Å². The Morgan fingerprint density at radius 1 is 1.28 bits per heavy atom. The summed E-state index contributed by atoms with van der Waals surface area (Å²) in [4.78, 5) is 2.27. The van der Waals surface area contributed by atoms with Crippen molar-refractivity contribution in [2.24, 2.45) is 5.73 Å². The molecule has 0 radical (unpaired) electrons. The molecule has 1 rings (SSSR count). The highest BCUT2D eigenvalue weighted by Crippen LogP contribution is 2.12. The standard InChI is InChI=1S/C13H24N2O3/c1-11(10-17-3)15(6-7-16-2)9-13-5-4-12(8-14)18-13/h4-5,11H,6-10,14H2,1-3H3. The Bertz CT molecular complexity index is 328. The van der Waals surface area contributed by atoms with Crippen LogP contribution in [-0.2, 0) is 22.6 Å². The summed E-state index contributed by atoms with van der Waals surface area (Å²) < 4.78 is 16.0. The maximum Gasteiger partial charge on any atom is 0.118 e. The van der Waals surface area contributed by atoms with Gasteiger partial charge in [0, 0.05) is 26.8 Å². The molecule has 1 heterocycles. The lowest BCUT2D eigenvalue weighted by Crippen LogP contribution is -2.37. The third kappa shape index (κ3) is 4.78. The fraction of sp³-hybridized carbons (Fsp3) is 0.692.